The van der Waals surface area contributed by atoms with Crippen LogP contribution in [0.15, 0.2) is 23.3 Å². The van der Waals surface area contributed by atoms with Crippen LogP contribution in [0.25, 0.3) is 4.91 Å². The van der Waals surface area contributed by atoms with Gasteiger partial charge < -0.3 is 4.57 Å². The standard InChI is InChI=1S/C11H14N2S/c1-8-5-4-6-11(14-8)10-7-13(3)9(2)12-10/h5-7H,4H2,1-3H3. The first-order valence-corrected chi connectivity index (χ1v) is 5.53. The molecule has 1 aliphatic heterocycles. The maximum Gasteiger partial charge on any atom is 0.106 e. The third-order valence-electron chi connectivity index (χ3n) is 2.34. The average molecular weight is 206 g/mol. The van der Waals surface area contributed by atoms with Gasteiger partial charge in [0.05, 0.1) is 5.69 Å². The SMILES string of the molecule is CC1=CCC=C(c2cn(C)c(C)n2)S1. The van der Waals surface area contributed by atoms with E-state index in [0.717, 1.165) is 17.9 Å². The third kappa shape index (κ3) is 1.77. The van der Waals surface area contributed by atoms with Crippen molar-refractivity contribution in [2.75, 3.05) is 0 Å². The Morgan fingerprint density at radius 1 is 1.36 bits per heavy atom. The van der Waals surface area contributed by atoms with E-state index in [1.54, 1.807) is 0 Å². The van der Waals surface area contributed by atoms with Gasteiger partial charge in [-0.1, -0.05) is 23.9 Å². The molecule has 0 amide bonds. The minimum Gasteiger partial charge on any atom is -0.338 e. The molecule has 3 heteroatoms. The van der Waals surface area contributed by atoms with Crippen LogP contribution in [0.4, 0.5) is 0 Å². The van der Waals surface area contributed by atoms with Gasteiger partial charge >= 0.3 is 0 Å². The topological polar surface area (TPSA) is 17.8 Å². The molecular formula is C11H14N2S. The lowest BCUT2D eigenvalue weighted by molar-refractivity contribution is 0.858. The van der Waals surface area contributed by atoms with Gasteiger partial charge in [0.1, 0.15) is 5.82 Å². The minimum absolute atomic E-state index is 1.03. The highest BCUT2D eigenvalue weighted by Gasteiger charge is 2.10. The second-order valence-electron chi connectivity index (χ2n) is 3.51. The van der Waals surface area contributed by atoms with E-state index in [0.29, 0.717) is 0 Å². The molecule has 14 heavy (non-hydrogen) atoms. The molecule has 0 bridgehead atoms. The van der Waals surface area contributed by atoms with E-state index >= 15 is 0 Å². The monoisotopic (exact) mass is 206 g/mol. The van der Waals surface area contributed by atoms with Crippen molar-refractivity contribution in [1.82, 2.24) is 9.55 Å². The van der Waals surface area contributed by atoms with Crippen LogP contribution in [0.3, 0.4) is 0 Å². The second-order valence-corrected chi connectivity index (χ2v) is 4.79. The third-order valence-corrected chi connectivity index (χ3v) is 3.42. The first-order chi connectivity index (χ1) is 6.66. The minimum atomic E-state index is 1.03. The Morgan fingerprint density at radius 2 is 2.14 bits per heavy atom. The van der Waals surface area contributed by atoms with E-state index in [-0.39, 0.29) is 0 Å². The van der Waals surface area contributed by atoms with E-state index in [4.69, 9.17) is 0 Å². The molecule has 0 unspecified atom stereocenters. The normalized spacial score (nSPS) is 16.5. The summed E-state index contributed by atoms with van der Waals surface area (Å²) < 4.78 is 2.06. The van der Waals surface area contributed by atoms with Crippen molar-refractivity contribution in [3.05, 3.63) is 34.8 Å². The van der Waals surface area contributed by atoms with Gasteiger partial charge in [-0.2, -0.15) is 0 Å². The summed E-state index contributed by atoms with van der Waals surface area (Å²) in [6.07, 6.45) is 7.60. The number of imidazole rings is 1. The molecule has 0 N–H and O–H groups in total. The van der Waals surface area contributed by atoms with E-state index in [9.17, 15) is 0 Å². The smallest absolute Gasteiger partial charge is 0.106 e. The van der Waals surface area contributed by atoms with Crippen LogP contribution in [-0.4, -0.2) is 9.55 Å². The molecule has 0 atom stereocenters. The Balaban J connectivity index is 2.28. The molecule has 0 saturated carbocycles. The lowest BCUT2D eigenvalue weighted by Crippen LogP contribution is -1.86. The van der Waals surface area contributed by atoms with Gasteiger partial charge in [0.15, 0.2) is 0 Å². The van der Waals surface area contributed by atoms with Crippen LogP contribution in [0.1, 0.15) is 24.9 Å². The van der Waals surface area contributed by atoms with E-state index < -0.39 is 0 Å². The van der Waals surface area contributed by atoms with Gasteiger partial charge in [0, 0.05) is 18.1 Å². The summed E-state index contributed by atoms with van der Waals surface area (Å²) in [6, 6.07) is 0. The number of allylic oxidation sites excluding steroid dienone is 3. The number of hydrogen-bond acceptors (Lipinski definition) is 2. The summed E-state index contributed by atoms with van der Waals surface area (Å²) in [5.74, 6) is 1.06. The second kappa shape index (κ2) is 3.65. The van der Waals surface area contributed by atoms with Crippen molar-refractivity contribution in [1.29, 1.82) is 0 Å². The number of nitrogens with zero attached hydrogens (tertiary/aromatic N) is 2. The summed E-state index contributed by atoms with van der Waals surface area (Å²) in [6.45, 7) is 4.17. The fourth-order valence-corrected chi connectivity index (χ4v) is 2.33. The molecule has 1 aliphatic rings. The summed E-state index contributed by atoms with van der Waals surface area (Å²) in [5.41, 5.74) is 1.10. The van der Waals surface area contributed by atoms with E-state index in [1.165, 1.54) is 9.81 Å². The van der Waals surface area contributed by atoms with Crippen molar-refractivity contribution in [3.8, 4) is 0 Å². The maximum absolute atomic E-state index is 4.51. The number of thioether (sulfide) groups is 1. The molecule has 0 spiro atoms. The number of aromatic nitrogens is 2. The van der Waals surface area contributed by atoms with Gasteiger partial charge in [-0.15, -0.1) is 0 Å². The van der Waals surface area contributed by atoms with Crippen LogP contribution >= 0.6 is 11.8 Å². The molecule has 0 aromatic carbocycles. The fourth-order valence-electron chi connectivity index (χ4n) is 1.42. The zero-order chi connectivity index (χ0) is 10.1. The number of aryl methyl sites for hydroxylation is 2. The molecule has 1 aromatic rings. The zero-order valence-corrected chi connectivity index (χ0v) is 9.56. The van der Waals surface area contributed by atoms with Crippen LogP contribution in [-0.2, 0) is 7.05 Å². The number of rotatable bonds is 1. The Hall–Kier alpha value is -0.960. The summed E-state index contributed by atoms with van der Waals surface area (Å²) in [4.78, 5) is 7.17. The molecule has 0 saturated heterocycles. The molecule has 2 heterocycles. The Labute approximate surface area is 88.7 Å². The van der Waals surface area contributed by atoms with Crippen LogP contribution in [0.5, 0.6) is 0 Å². The first kappa shape index (κ1) is 9.59. The molecule has 74 valence electrons. The Kier molecular flexibility index (Phi) is 2.50. The van der Waals surface area contributed by atoms with Crippen molar-refractivity contribution in [3.63, 3.8) is 0 Å². The largest absolute Gasteiger partial charge is 0.338 e. The molecule has 0 radical (unpaired) electrons. The molecular weight excluding hydrogens is 192 g/mol. The summed E-state index contributed by atoms with van der Waals surface area (Å²) in [5, 5.41) is 0. The van der Waals surface area contributed by atoms with Gasteiger partial charge in [-0.05, 0) is 25.2 Å². The van der Waals surface area contributed by atoms with E-state index in [1.807, 2.05) is 25.7 Å². The van der Waals surface area contributed by atoms with Gasteiger partial charge in [-0.3, -0.25) is 0 Å². The highest BCUT2D eigenvalue weighted by Crippen LogP contribution is 2.36. The average Bonchev–Trinajstić information content (AvgIpc) is 2.47. The van der Waals surface area contributed by atoms with Gasteiger partial charge in [-0.25, -0.2) is 4.98 Å². The first-order valence-electron chi connectivity index (χ1n) is 4.72. The summed E-state index contributed by atoms with van der Waals surface area (Å²) in [7, 11) is 2.03. The zero-order valence-electron chi connectivity index (χ0n) is 8.74. The van der Waals surface area contributed by atoms with Crippen molar-refractivity contribution >= 4 is 16.7 Å². The summed E-state index contributed by atoms with van der Waals surface area (Å²) >= 11 is 1.81. The maximum atomic E-state index is 4.51. The van der Waals surface area contributed by atoms with Crippen molar-refractivity contribution in [2.45, 2.75) is 20.3 Å². The van der Waals surface area contributed by atoms with Crippen LogP contribution in [0.2, 0.25) is 0 Å². The van der Waals surface area contributed by atoms with Crippen molar-refractivity contribution in [2.24, 2.45) is 7.05 Å². The molecule has 1 aromatic heterocycles. The predicted octanol–water partition coefficient (Wildman–Crippen LogP) is 3.11. The predicted molar refractivity (Wildman–Crippen MR) is 61.9 cm³/mol. The fraction of sp³-hybridized carbons (Fsp3) is 0.364. The lowest BCUT2D eigenvalue weighted by Gasteiger charge is -2.08. The Morgan fingerprint density at radius 3 is 2.71 bits per heavy atom. The molecule has 2 nitrogen and oxygen atoms in total. The highest BCUT2D eigenvalue weighted by molar-refractivity contribution is 8.11. The molecule has 2 rings (SSSR count). The van der Waals surface area contributed by atoms with Crippen LogP contribution in [0, 0.1) is 6.92 Å². The quantitative estimate of drug-likeness (QED) is 0.702. The Bertz CT molecular complexity index is 393. The highest BCUT2D eigenvalue weighted by atomic mass is 32.2. The van der Waals surface area contributed by atoms with Crippen molar-refractivity contribution < 1.29 is 0 Å². The van der Waals surface area contributed by atoms with Crippen LogP contribution < -0.4 is 0 Å². The van der Waals surface area contributed by atoms with Gasteiger partial charge in [0.2, 0.25) is 0 Å². The number of hydrogen-bond donors (Lipinski definition) is 0. The van der Waals surface area contributed by atoms with E-state index in [2.05, 4.69) is 34.8 Å². The molecule has 0 aliphatic carbocycles. The lowest BCUT2D eigenvalue weighted by atomic mass is 10.3. The van der Waals surface area contributed by atoms with Gasteiger partial charge in [0.25, 0.3) is 0 Å². The molecule has 0 fully saturated rings.